The number of ether oxygens (including phenoxy) is 3. The van der Waals surface area contributed by atoms with Gasteiger partial charge in [0.1, 0.15) is 30.6 Å². The molecule has 0 saturated heterocycles. The number of aliphatic carboxylic acids is 1. The molecule has 0 atom stereocenters. The fourth-order valence-corrected chi connectivity index (χ4v) is 2.72. The van der Waals surface area contributed by atoms with Crippen LogP contribution in [0, 0.1) is 11.3 Å². The first-order chi connectivity index (χ1) is 13.8. The van der Waals surface area contributed by atoms with Crippen molar-refractivity contribution in [3.63, 3.8) is 0 Å². The molecule has 2 rings (SSSR count). The molecule has 0 spiro atoms. The summed E-state index contributed by atoms with van der Waals surface area (Å²) in [6.45, 7) is 7.07. The van der Waals surface area contributed by atoms with Gasteiger partial charge in [0.15, 0.2) is 11.5 Å². The lowest BCUT2D eigenvalue weighted by Gasteiger charge is -2.22. The van der Waals surface area contributed by atoms with Crippen LogP contribution in [-0.2, 0) is 10.2 Å². The van der Waals surface area contributed by atoms with Crippen LogP contribution in [-0.4, -0.2) is 31.4 Å². The molecule has 0 unspecified atom stereocenters. The van der Waals surface area contributed by atoms with Crippen molar-refractivity contribution in [3.8, 4) is 23.3 Å². The number of hydrogen-bond donors (Lipinski definition) is 1. The van der Waals surface area contributed by atoms with Gasteiger partial charge >= 0.3 is 5.97 Å². The van der Waals surface area contributed by atoms with E-state index in [4.69, 9.17) is 24.6 Å². The Labute approximate surface area is 171 Å². The van der Waals surface area contributed by atoms with Crippen LogP contribution in [0.3, 0.4) is 0 Å². The SMILES string of the molecule is COc1cc(C=C(C#N)C(=O)O)ccc1OCCOc1ccccc1C(C)(C)C. The highest BCUT2D eigenvalue weighted by molar-refractivity contribution is 5.96. The molecule has 29 heavy (non-hydrogen) atoms. The van der Waals surface area contributed by atoms with Gasteiger partial charge in [-0.2, -0.15) is 5.26 Å². The zero-order valence-electron chi connectivity index (χ0n) is 17.1. The number of para-hydroxylation sites is 1. The van der Waals surface area contributed by atoms with E-state index in [2.05, 4.69) is 26.8 Å². The topological polar surface area (TPSA) is 88.8 Å². The summed E-state index contributed by atoms with van der Waals surface area (Å²) in [6, 6.07) is 14.5. The molecule has 152 valence electrons. The first kappa shape index (κ1) is 21.8. The van der Waals surface area contributed by atoms with Crippen molar-refractivity contribution in [1.29, 1.82) is 5.26 Å². The van der Waals surface area contributed by atoms with Gasteiger partial charge in [0.05, 0.1) is 7.11 Å². The second-order valence-corrected chi connectivity index (χ2v) is 7.33. The number of rotatable bonds is 8. The average molecular weight is 395 g/mol. The molecule has 0 saturated carbocycles. The quantitative estimate of drug-likeness (QED) is 0.404. The van der Waals surface area contributed by atoms with E-state index in [1.165, 1.54) is 13.2 Å². The standard InChI is InChI=1S/C23H25NO5/c1-23(2,3)18-7-5-6-8-19(18)28-11-12-29-20-10-9-16(14-21(20)27-4)13-17(15-24)22(25)26/h5-10,13-14H,11-12H2,1-4H3,(H,25,26). The van der Waals surface area contributed by atoms with Gasteiger partial charge in [-0.25, -0.2) is 4.79 Å². The van der Waals surface area contributed by atoms with Gasteiger partial charge < -0.3 is 19.3 Å². The minimum absolute atomic E-state index is 0.0255. The Morgan fingerprint density at radius 1 is 1.07 bits per heavy atom. The molecule has 0 amide bonds. The Bertz CT molecular complexity index is 935. The largest absolute Gasteiger partial charge is 0.493 e. The van der Waals surface area contributed by atoms with Gasteiger partial charge in [-0.15, -0.1) is 0 Å². The van der Waals surface area contributed by atoms with Gasteiger partial charge in [0.2, 0.25) is 0 Å². The number of hydrogen-bond acceptors (Lipinski definition) is 5. The third-order valence-electron chi connectivity index (χ3n) is 4.14. The third-order valence-corrected chi connectivity index (χ3v) is 4.14. The Hall–Kier alpha value is -3.46. The van der Waals surface area contributed by atoms with E-state index >= 15 is 0 Å². The van der Waals surface area contributed by atoms with E-state index in [0.29, 0.717) is 30.3 Å². The van der Waals surface area contributed by atoms with Crippen molar-refractivity contribution >= 4 is 12.0 Å². The van der Waals surface area contributed by atoms with Crippen LogP contribution in [0.1, 0.15) is 31.9 Å². The van der Waals surface area contributed by atoms with Crippen molar-refractivity contribution in [1.82, 2.24) is 0 Å². The third kappa shape index (κ3) is 6.01. The van der Waals surface area contributed by atoms with E-state index in [9.17, 15) is 4.79 Å². The molecule has 2 aromatic rings. The maximum atomic E-state index is 11.0. The average Bonchev–Trinajstić information content (AvgIpc) is 2.69. The molecular formula is C23H25NO5. The minimum Gasteiger partial charge on any atom is -0.493 e. The lowest BCUT2D eigenvalue weighted by molar-refractivity contribution is -0.132. The summed E-state index contributed by atoms with van der Waals surface area (Å²) in [6.07, 6.45) is 1.28. The Kier molecular flexibility index (Phi) is 7.27. The van der Waals surface area contributed by atoms with Crippen LogP contribution in [0.25, 0.3) is 6.08 Å². The molecule has 2 aromatic carbocycles. The fraction of sp³-hybridized carbons (Fsp3) is 0.304. The Morgan fingerprint density at radius 3 is 2.31 bits per heavy atom. The predicted octanol–water partition coefficient (Wildman–Crippen LogP) is 4.44. The summed E-state index contributed by atoms with van der Waals surface area (Å²) in [4.78, 5) is 11.0. The molecule has 0 fully saturated rings. The first-order valence-corrected chi connectivity index (χ1v) is 9.14. The highest BCUT2D eigenvalue weighted by Crippen LogP contribution is 2.31. The number of methoxy groups -OCH3 is 1. The fourth-order valence-electron chi connectivity index (χ4n) is 2.72. The van der Waals surface area contributed by atoms with Crippen LogP contribution in [0.5, 0.6) is 17.2 Å². The zero-order valence-corrected chi connectivity index (χ0v) is 17.1. The van der Waals surface area contributed by atoms with Crippen molar-refractivity contribution in [3.05, 3.63) is 59.2 Å². The molecule has 6 heteroatoms. The summed E-state index contributed by atoms with van der Waals surface area (Å²) in [7, 11) is 1.49. The van der Waals surface area contributed by atoms with E-state index in [0.717, 1.165) is 11.3 Å². The lowest BCUT2D eigenvalue weighted by Crippen LogP contribution is -2.15. The van der Waals surface area contributed by atoms with E-state index in [1.807, 2.05) is 18.2 Å². The molecular weight excluding hydrogens is 370 g/mol. The van der Waals surface area contributed by atoms with Crippen molar-refractivity contribution < 1.29 is 24.1 Å². The molecule has 0 aliphatic rings. The second-order valence-electron chi connectivity index (χ2n) is 7.33. The van der Waals surface area contributed by atoms with Gasteiger partial charge in [-0.3, -0.25) is 0 Å². The molecule has 0 aromatic heterocycles. The summed E-state index contributed by atoms with van der Waals surface area (Å²) in [5.41, 5.74) is 1.28. The molecule has 0 radical (unpaired) electrons. The van der Waals surface area contributed by atoms with E-state index in [-0.39, 0.29) is 11.0 Å². The number of nitriles is 1. The summed E-state index contributed by atoms with van der Waals surface area (Å²) in [5, 5.41) is 17.8. The number of carboxylic acid groups (broad SMARTS) is 1. The number of nitrogens with zero attached hydrogens (tertiary/aromatic N) is 1. The van der Waals surface area contributed by atoms with Crippen LogP contribution >= 0.6 is 0 Å². The molecule has 0 aliphatic heterocycles. The van der Waals surface area contributed by atoms with Crippen LogP contribution in [0.4, 0.5) is 0 Å². The summed E-state index contributed by atoms with van der Waals surface area (Å²) in [5.74, 6) is 0.496. The van der Waals surface area contributed by atoms with Crippen molar-refractivity contribution in [2.45, 2.75) is 26.2 Å². The maximum Gasteiger partial charge on any atom is 0.346 e. The van der Waals surface area contributed by atoms with Gasteiger partial charge in [-0.1, -0.05) is 45.0 Å². The maximum absolute atomic E-state index is 11.0. The number of carboxylic acids is 1. The highest BCUT2D eigenvalue weighted by atomic mass is 16.5. The Morgan fingerprint density at radius 2 is 1.72 bits per heavy atom. The lowest BCUT2D eigenvalue weighted by atomic mass is 9.86. The number of benzene rings is 2. The molecule has 1 N–H and O–H groups in total. The van der Waals surface area contributed by atoms with Gasteiger partial charge in [0.25, 0.3) is 0 Å². The minimum atomic E-state index is -1.28. The first-order valence-electron chi connectivity index (χ1n) is 9.14. The van der Waals surface area contributed by atoms with Crippen molar-refractivity contribution in [2.24, 2.45) is 0 Å². The monoisotopic (exact) mass is 395 g/mol. The number of carbonyl (C=O) groups is 1. The van der Waals surface area contributed by atoms with Crippen molar-refractivity contribution in [2.75, 3.05) is 20.3 Å². The molecule has 0 aliphatic carbocycles. The van der Waals surface area contributed by atoms with Gasteiger partial charge in [-0.05, 0) is 40.8 Å². The predicted molar refractivity (Wildman–Crippen MR) is 110 cm³/mol. The van der Waals surface area contributed by atoms with E-state index < -0.39 is 5.97 Å². The second kappa shape index (κ2) is 9.65. The zero-order chi connectivity index (χ0) is 21.4. The van der Waals surface area contributed by atoms with Crippen LogP contribution in [0.2, 0.25) is 0 Å². The Balaban J connectivity index is 2.03. The smallest absolute Gasteiger partial charge is 0.346 e. The van der Waals surface area contributed by atoms with Crippen LogP contribution in [0.15, 0.2) is 48.0 Å². The normalized spacial score (nSPS) is 11.5. The van der Waals surface area contributed by atoms with Crippen LogP contribution < -0.4 is 14.2 Å². The highest BCUT2D eigenvalue weighted by Gasteiger charge is 2.18. The molecule has 0 heterocycles. The summed E-state index contributed by atoms with van der Waals surface area (Å²) >= 11 is 0. The van der Waals surface area contributed by atoms with E-state index in [1.54, 1.807) is 24.3 Å². The summed E-state index contributed by atoms with van der Waals surface area (Å²) < 4.78 is 17.0. The van der Waals surface area contributed by atoms with Gasteiger partial charge in [0, 0.05) is 0 Å². The molecule has 6 nitrogen and oxygen atoms in total. The molecule has 0 bridgehead atoms.